The van der Waals surface area contributed by atoms with Crippen LogP contribution in [0.4, 0.5) is 17.3 Å². The molecular weight excluding hydrogens is 250 g/mol. The monoisotopic (exact) mass is 267 g/mol. The van der Waals surface area contributed by atoms with Crippen molar-refractivity contribution < 1.29 is 0 Å². The molecule has 0 unspecified atom stereocenters. The van der Waals surface area contributed by atoms with E-state index in [1.54, 1.807) is 0 Å². The van der Waals surface area contributed by atoms with Gasteiger partial charge in [0.2, 0.25) is 0 Å². The van der Waals surface area contributed by atoms with Crippen LogP contribution in [0.2, 0.25) is 0 Å². The van der Waals surface area contributed by atoms with Crippen LogP contribution in [0.5, 0.6) is 0 Å². The molecule has 102 valence electrons. The van der Waals surface area contributed by atoms with Crippen molar-refractivity contribution in [2.45, 2.75) is 20.3 Å². The molecule has 0 spiro atoms. The fraction of sp³-hybridized carbons (Fsp3) is 0.267. The van der Waals surface area contributed by atoms with Gasteiger partial charge in [0, 0.05) is 18.3 Å². The zero-order valence-electron chi connectivity index (χ0n) is 11.6. The van der Waals surface area contributed by atoms with Crippen LogP contribution in [-0.2, 0) is 0 Å². The Morgan fingerprint density at radius 1 is 1.15 bits per heavy atom. The topological polar surface area (TPSA) is 73.6 Å². The van der Waals surface area contributed by atoms with E-state index in [4.69, 9.17) is 5.26 Å². The number of nitriles is 1. The van der Waals surface area contributed by atoms with Crippen LogP contribution in [0.3, 0.4) is 0 Å². The standard InChI is InChI=1S/C15H17N5/c1-11-5-3-6-13(9-11)20-15-10-14(17-8-4-7-16)18-12(2)19-15/h3,5-6,9-10H,4,8H2,1-2H3,(H2,17,18,19,20). The van der Waals surface area contributed by atoms with E-state index < -0.39 is 0 Å². The smallest absolute Gasteiger partial charge is 0.136 e. The third-order valence-electron chi connectivity index (χ3n) is 2.67. The lowest BCUT2D eigenvalue weighted by Gasteiger charge is -2.10. The van der Waals surface area contributed by atoms with E-state index in [0.29, 0.717) is 18.8 Å². The van der Waals surface area contributed by atoms with Gasteiger partial charge in [0.15, 0.2) is 0 Å². The Balaban J connectivity index is 2.13. The summed E-state index contributed by atoms with van der Waals surface area (Å²) in [4.78, 5) is 8.65. The normalized spacial score (nSPS) is 9.85. The summed E-state index contributed by atoms with van der Waals surface area (Å²) in [7, 11) is 0. The maximum atomic E-state index is 8.54. The van der Waals surface area contributed by atoms with Gasteiger partial charge >= 0.3 is 0 Å². The molecule has 1 aromatic carbocycles. The third kappa shape index (κ3) is 3.95. The molecule has 0 saturated carbocycles. The molecule has 2 rings (SSSR count). The number of nitrogens with zero attached hydrogens (tertiary/aromatic N) is 3. The highest BCUT2D eigenvalue weighted by atomic mass is 15.1. The van der Waals surface area contributed by atoms with Gasteiger partial charge in [-0.2, -0.15) is 5.26 Å². The Bertz CT molecular complexity index is 630. The van der Waals surface area contributed by atoms with E-state index in [9.17, 15) is 0 Å². The maximum Gasteiger partial charge on any atom is 0.136 e. The van der Waals surface area contributed by atoms with Crippen molar-refractivity contribution in [3.05, 3.63) is 41.7 Å². The molecule has 0 atom stereocenters. The van der Waals surface area contributed by atoms with Crippen LogP contribution in [-0.4, -0.2) is 16.5 Å². The molecule has 2 aromatic rings. The molecule has 1 aromatic heterocycles. The molecule has 20 heavy (non-hydrogen) atoms. The van der Waals surface area contributed by atoms with Crippen molar-refractivity contribution in [1.29, 1.82) is 5.26 Å². The van der Waals surface area contributed by atoms with Crippen LogP contribution >= 0.6 is 0 Å². The number of hydrogen-bond donors (Lipinski definition) is 2. The Kier molecular flexibility index (Phi) is 4.51. The first-order chi connectivity index (χ1) is 9.67. The molecule has 0 saturated heterocycles. The predicted octanol–water partition coefficient (Wildman–Crippen LogP) is 3.16. The van der Waals surface area contributed by atoms with Crippen molar-refractivity contribution in [2.75, 3.05) is 17.2 Å². The molecule has 0 aliphatic carbocycles. The molecule has 0 aliphatic heterocycles. The third-order valence-corrected chi connectivity index (χ3v) is 2.67. The Morgan fingerprint density at radius 3 is 2.70 bits per heavy atom. The fourth-order valence-corrected chi connectivity index (χ4v) is 1.84. The van der Waals surface area contributed by atoms with Gasteiger partial charge in [0.25, 0.3) is 0 Å². The van der Waals surface area contributed by atoms with E-state index in [-0.39, 0.29) is 0 Å². The molecule has 0 bridgehead atoms. The predicted molar refractivity (Wildman–Crippen MR) is 80.0 cm³/mol. The van der Waals surface area contributed by atoms with Gasteiger partial charge in [-0.3, -0.25) is 0 Å². The van der Waals surface area contributed by atoms with Crippen LogP contribution in [0, 0.1) is 25.2 Å². The average molecular weight is 267 g/mol. The fourth-order valence-electron chi connectivity index (χ4n) is 1.84. The number of rotatable bonds is 5. The Morgan fingerprint density at radius 2 is 1.95 bits per heavy atom. The summed E-state index contributed by atoms with van der Waals surface area (Å²) >= 11 is 0. The van der Waals surface area contributed by atoms with E-state index in [1.165, 1.54) is 5.56 Å². The first-order valence-corrected chi connectivity index (χ1v) is 6.47. The van der Waals surface area contributed by atoms with Crippen LogP contribution in [0.25, 0.3) is 0 Å². The lowest BCUT2D eigenvalue weighted by Crippen LogP contribution is -2.05. The van der Waals surface area contributed by atoms with Gasteiger partial charge in [0.1, 0.15) is 17.5 Å². The van der Waals surface area contributed by atoms with Crippen LogP contribution < -0.4 is 10.6 Å². The average Bonchev–Trinajstić information content (AvgIpc) is 2.38. The van der Waals surface area contributed by atoms with Gasteiger partial charge in [-0.25, -0.2) is 9.97 Å². The maximum absolute atomic E-state index is 8.54. The molecule has 0 fully saturated rings. The lowest BCUT2D eigenvalue weighted by molar-refractivity contribution is 1.01. The Hall–Kier alpha value is -2.61. The molecule has 0 radical (unpaired) electrons. The summed E-state index contributed by atoms with van der Waals surface area (Å²) < 4.78 is 0. The molecule has 2 N–H and O–H groups in total. The lowest BCUT2D eigenvalue weighted by atomic mass is 10.2. The van der Waals surface area contributed by atoms with Crippen LogP contribution in [0.1, 0.15) is 17.8 Å². The molecular formula is C15H17N5. The van der Waals surface area contributed by atoms with E-state index >= 15 is 0 Å². The number of aromatic nitrogens is 2. The quantitative estimate of drug-likeness (QED) is 0.814. The van der Waals surface area contributed by atoms with E-state index in [0.717, 1.165) is 17.3 Å². The Labute approximate surface area is 118 Å². The summed E-state index contributed by atoms with van der Waals surface area (Å²) in [6, 6.07) is 12.0. The number of benzene rings is 1. The summed E-state index contributed by atoms with van der Waals surface area (Å²) in [5, 5.41) is 14.9. The summed E-state index contributed by atoms with van der Waals surface area (Å²) in [5.74, 6) is 2.15. The van der Waals surface area contributed by atoms with Gasteiger partial charge in [-0.15, -0.1) is 0 Å². The highest BCUT2D eigenvalue weighted by Crippen LogP contribution is 2.18. The number of hydrogen-bond acceptors (Lipinski definition) is 5. The van der Waals surface area contributed by atoms with Crippen LogP contribution in [0.15, 0.2) is 30.3 Å². The summed E-state index contributed by atoms with van der Waals surface area (Å²) in [5.41, 5.74) is 2.18. The first-order valence-electron chi connectivity index (χ1n) is 6.47. The highest BCUT2D eigenvalue weighted by Gasteiger charge is 2.02. The highest BCUT2D eigenvalue weighted by molar-refractivity contribution is 5.59. The summed E-state index contributed by atoms with van der Waals surface area (Å²) in [6.07, 6.45) is 0.448. The SMILES string of the molecule is Cc1cccc(Nc2cc(NCCC#N)nc(C)n2)c1. The van der Waals surface area contributed by atoms with E-state index in [1.807, 2.05) is 38.1 Å². The second-order valence-corrected chi connectivity index (χ2v) is 4.52. The molecule has 1 heterocycles. The summed E-state index contributed by atoms with van der Waals surface area (Å²) in [6.45, 7) is 4.47. The minimum Gasteiger partial charge on any atom is -0.369 e. The van der Waals surface area contributed by atoms with Crippen molar-refractivity contribution in [3.8, 4) is 6.07 Å². The minimum atomic E-state index is 0.448. The van der Waals surface area contributed by atoms with Gasteiger partial charge in [-0.1, -0.05) is 12.1 Å². The van der Waals surface area contributed by atoms with Crippen molar-refractivity contribution >= 4 is 17.3 Å². The van der Waals surface area contributed by atoms with E-state index in [2.05, 4.69) is 32.7 Å². The first kappa shape index (κ1) is 13.8. The zero-order valence-corrected chi connectivity index (χ0v) is 11.6. The number of anilines is 3. The van der Waals surface area contributed by atoms with Crippen molar-refractivity contribution in [3.63, 3.8) is 0 Å². The molecule has 5 nitrogen and oxygen atoms in total. The largest absolute Gasteiger partial charge is 0.369 e. The second kappa shape index (κ2) is 6.53. The zero-order chi connectivity index (χ0) is 14.4. The molecule has 5 heteroatoms. The number of nitrogens with one attached hydrogen (secondary N) is 2. The second-order valence-electron chi connectivity index (χ2n) is 4.52. The number of aryl methyl sites for hydroxylation is 2. The molecule has 0 aliphatic rings. The van der Waals surface area contributed by atoms with Gasteiger partial charge < -0.3 is 10.6 Å². The van der Waals surface area contributed by atoms with Crippen molar-refractivity contribution in [2.24, 2.45) is 0 Å². The van der Waals surface area contributed by atoms with Gasteiger partial charge in [0.05, 0.1) is 12.5 Å². The van der Waals surface area contributed by atoms with Gasteiger partial charge in [-0.05, 0) is 31.5 Å². The minimum absolute atomic E-state index is 0.448. The molecule has 0 amide bonds. The van der Waals surface area contributed by atoms with Crippen molar-refractivity contribution in [1.82, 2.24) is 9.97 Å².